The van der Waals surface area contributed by atoms with Crippen LogP contribution in [0.5, 0.6) is 0 Å². The molecule has 9 atom stereocenters. The summed E-state index contributed by atoms with van der Waals surface area (Å²) in [5, 5.41) is 23.3. The van der Waals surface area contributed by atoms with Crippen LogP contribution in [-0.2, 0) is 23.9 Å². The topological polar surface area (TPSA) is 110 Å². The molecule has 0 bridgehead atoms. The van der Waals surface area contributed by atoms with Crippen molar-refractivity contribution in [2.75, 3.05) is 0 Å². The minimum Gasteiger partial charge on any atom is -0.481 e. The van der Waals surface area contributed by atoms with E-state index in [0.717, 1.165) is 37.7 Å². The Hall–Kier alpha value is -1.89. The van der Waals surface area contributed by atoms with E-state index in [-0.39, 0.29) is 45.4 Å². The third kappa shape index (κ3) is 3.95. The van der Waals surface area contributed by atoms with Gasteiger partial charge >= 0.3 is 17.9 Å². The van der Waals surface area contributed by atoms with E-state index in [2.05, 4.69) is 54.5 Å². The molecule has 0 heterocycles. The monoisotopic (exact) mass is 572 g/mol. The zero-order valence-electron chi connectivity index (χ0n) is 26.7. The van der Waals surface area contributed by atoms with Crippen molar-refractivity contribution in [1.29, 1.82) is 0 Å². The fourth-order valence-corrected chi connectivity index (χ4v) is 11.6. The number of carbonyl (C=O) groups excluding carboxylic acids is 2. The van der Waals surface area contributed by atoms with E-state index in [1.165, 1.54) is 13.8 Å². The fourth-order valence-electron chi connectivity index (χ4n) is 11.6. The molecule has 0 amide bonds. The number of esters is 2. The van der Waals surface area contributed by atoms with Crippen LogP contribution in [0.1, 0.15) is 120 Å². The molecule has 5 aliphatic carbocycles. The molecule has 0 aromatic carbocycles. The third-order valence-corrected chi connectivity index (χ3v) is 13.6. The quantitative estimate of drug-likeness (QED) is 0.295. The van der Waals surface area contributed by atoms with E-state index in [9.17, 15) is 24.6 Å². The van der Waals surface area contributed by atoms with Crippen molar-refractivity contribution in [3.05, 3.63) is 11.6 Å². The molecular weight excluding hydrogens is 520 g/mol. The van der Waals surface area contributed by atoms with Crippen LogP contribution in [0, 0.1) is 44.3 Å². The van der Waals surface area contributed by atoms with Gasteiger partial charge in [-0.1, -0.05) is 54.5 Å². The summed E-state index contributed by atoms with van der Waals surface area (Å²) in [6, 6.07) is 0. The lowest BCUT2D eigenvalue weighted by Gasteiger charge is -2.72. The normalized spacial score (nSPS) is 47.8. The van der Waals surface area contributed by atoms with E-state index < -0.39 is 34.6 Å². The number of hydrogen-bond donors (Lipinski definition) is 2. The zero-order chi connectivity index (χ0) is 30.6. The highest BCUT2D eigenvalue weighted by atomic mass is 16.6. The van der Waals surface area contributed by atoms with Gasteiger partial charge in [0.2, 0.25) is 0 Å². The number of ether oxygens (including phenoxy) is 2. The van der Waals surface area contributed by atoms with Crippen molar-refractivity contribution in [3.63, 3.8) is 0 Å². The SMILES string of the molecule is CC(=O)O[C@H]1C[C@]2(C)[C@H]3CC=C4[C@]5(O)CC(C)(C)CC[C@]5(C(=O)O)CC[C@@]4(C)[C@]3(C)CC[C@H]2C(C)(C)[C@@H]1OC(C)=O. The van der Waals surface area contributed by atoms with Crippen LogP contribution >= 0.6 is 0 Å². The first-order chi connectivity index (χ1) is 18.7. The molecule has 230 valence electrons. The highest BCUT2D eigenvalue weighted by Crippen LogP contribution is 2.76. The Kier molecular flexibility index (Phi) is 6.75. The van der Waals surface area contributed by atoms with Crippen LogP contribution in [0.25, 0.3) is 0 Å². The second-order valence-corrected chi connectivity index (χ2v) is 16.5. The lowest BCUT2D eigenvalue weighted by Crippen LogP contribution is -2.71. The lowest BCUT2D eigenvalue weighted by atomic mass is 9.32. The number of carbonyl (C=O) groups is 3. The van der Waals surface area contributed by atoms with Gasteiger partial charge in [-0.3, -0.25) is 14.4 Å². The molecule has 2 N–H and O–H groups in total. The van der Waals surface area contributed by atoms with Crippen LogP contribution < -0.4 is 0 Å². The van der Waals surface area contributed by atoms with Gasteiger partial charge in [-0.15, -0.1) is 0 Å². The number of fused-ring (bicyclic) bond motifs is 7. The predicted molar refractivity (Wildman–Crippen MR) is 155 cm³/mol. The summed E-state index contributed by atoms with van der Waals surface area (Å²) >= 11 is 0. The van der Waals surface area contributed by atoms with Crippen molar-refractivity contribution in [3.8, 4) is 0 Å². The molecule has 7 nitrogen and oxygen atoms in total. The highest BCUT2D eigenvalue weighted by molar-refractivity contribution is 5.78. The van der Waals surface area contributed by atoms with Crippen LogP contribution in [0.4, 0.5) is 0 Å². The van der Waals surface area contributed by atoms with Crippen LogP contribution in [0.2, 0.25) is 0 Å². The molecule has 0 radical (unpaired) electrons. The second-order valence-electron chi connectivity index (χ2n) is 16.5. The maximum absolute atomic E-state index is 12.9. The van der Waals surface area contributed by atoms with Crippen molar-refractivity contribution in [2.45, 2.75) is 138 Å². The number of allylic oxidation sites excluding steroid dienone is 1. The summed E-state index contributed by atoms with van der Waals surface area (Å²) in [6.45, 7) is 18.5. The maximum Gasteiger partial charge on any atom is 0.312 e. The summed E-state index contributed by atoms with van der Waals surface area (Å²) in [6.07, 6.45) is 7.34. The Morgan fingerprint density at radius 1 is 0.854 bits per heavy atom. The first kappa shape index (κ1) is 30.6. The number of carboxylic acid groups (broad SMARTS) is 1. The third-order valence-electron chi connectivity index (χ3n) is 13.6. The molecule has 0 unspecified atom stereocenters. The molecule has 0 aromatic rings. The fraction of sp³-hybridized carbons (Fsp3) is 0.853. The van der Waals surface area contributed by atoms with Crippen molar-refractivity contribution >= 4 is 17.9 Å². The molecule has 4 fully saturated rings. The van der Waals surface area contributed by atoms with Gasteiger partial charge in [0, 0.05) is 19.3 Å². The van der Waals surface area contributed by atoms with Gasteiger partial charge in [0.25, 0.3) is 0 Å². The predicted octanol–water partition coefficient (Wildman–Crippen LogP) is 6.46. The molecule has 0 saturated heterocycles. The molecular formula is C34H52O7. The van der Waals surface area contributed by atoms with Crippen molar-refractivity contribution in [2.24, 2.45) is 44.3 Å². The summed E-state index contributed by atoms with van der Waals surface area (Å²) in [7, 11) is 0. The van der Waals surface area contributed by atoms with Gasteiger partial charge in [0.05, 0.1) is 0 Å². The average molecular weight is 573 g/mol. The first-order valence-electron chi connectivity index (χ1n) is 15.7. The Morgan fingerprint density at radius 3 is 2.05 bits per heavy atom. The smallest absolute Gasteiger partial charge is 0.312 e. The van der Waals surface area contributed by atoms with E-state index in [1.54, 1.807) is 0 Å². The summed E-state index contributed by atoms with van der Waals surface area (Å²) < 4.78 is 11.8. The van der Waals surface area contributed by atoms with E-state index in [4.69, 9.17) is 9.47 Å². The Labute approximate surface area is 245 Å². The van der Waals surface area contributed by atoms with Gasteiger partial charge in [-0.2, -0.15) is 0 Å². The van der Waals surface area contributed by atoms with Crippen LogP contribution in [-0.4, -0.2) is 45.9 Å². The lowest BCUT2D eigenvalue weighted by molar-refractivity contribution is -0.250. The van der Waals surface area contributed by atoms with Gasteiger partial charge in [-0.05, 0) is 96.9 Å². The summed E-state index contributed by atoms with van der Waals surface area (Å²) in [5.74, 6) is -1.14. The minimum absolute atomic E-state index is 0.148. The number of aliphatic hydroxyl groups is 1. The molecule has 0 spiro atoms. The van der Waals surface area contributed by atoms with Gasteiger partial charge < -0.3 is 19.7 Å². The number of hydrogen-bond acceptors (Lipinski definition) is 6. The summed E-state index contributed by atoms with van der Waals surface area (Å²) in [5.41, 5.74) is -2.90. The zero-order valence-corrected chi connectivity index (χ0v) is 26.7. The van der Waals surface area contributed by atoms with E-state index in [0.29, 0.717) is 25.7 Å². The van der Waals surface area contributed by atoms with E-state index >= 15 is 0 Å². The molecule has 5 rings (SSSR count). The molecule has 7 heteroatoms. The maximum atomic E-state index is 12.9. The van der Waals surface area contributed by atoms with E-state index in [1.807, 2.05) is 0 Å². The van der Waals surface area contributed by atoms with Crippen LogP contribution in [0.15, 0.2) is 11.6 Å². The Balaban J connectivity index is 1.62. The van der Waals surface area contributed by atoms with Gasteiger partial charge in [0.1, 0.15) is 23.2 Å². The Morgan fingerprint density at radius 2 is 1.46 bits per heavy atom. The number of aliphatic carboxylic acids is 1. The molecule has 41 heavy (non-hydrogen) atoms. The molecule has 0 aromatic heterocycles. The molecule has 4 saturated carbocycles. The number of carboxylic acids is 1. The largest absolute Gasteiger partial charge is 0.481 e. The minimum atomic E-state index is -1.38. The number of rotatable bonds is 3. The molecule has 0 aliphatic heterocycles. The second kappa shape index (κ2) is 9.06. The Bertz CT molecular complexity index is 1190. The van der Waals surface area contributed by atoms with Crippen molar-refractivity contribution < 1.29 is 34.1 Å². The molecule has 5 aliphatic rings. The first-order valence-corrected chi connectivity index (χ1v) is 15.7. The average Bonchev–Trinajstić information content (AvgIpc) is 2.80. The van der Waals surface area contributed by atoms with Gasteiger partial charge in [-0.25, -0.2) is 0 Å². The highest BCUT2D eigenvalue weighted by Gasteiger charge is 2.74. The standard InChI is InChI=1S/C34H52O7/c1-20(35)40-22-18-30(7)23(29(5,6)26(22)41-21(2)36)12-13-31(8)24(30)10-11-25-32(31,9)15-17-33(27(37)38)16-14-28(3,4)19-34(25,33)39/h11,22-24,26,39H,10,12-19H2,1-9H3,(H,37,38)/t22-,23-,24+,26+,30-,31+,32+,33+,34+/m0/s1. The van der Waals surface area contributed by atoms with Gasteiger partial charge in [0.15, 0.2) is 0 Å². The van der Waals surface area contributed by atoms with Crippen LogP contribution in [0.3, 0.4) is 0 Å². The van der Waals surface area contributed by atoms with Crippen molar-refractivity contribution in [1.82, 2.24) is 0 Å². The summed E-state index contributed by atoms with van der Waals surface area (Å²) in [4.78, 5) is 37.4.